The van der Waals surface area contributed by atoms with Crippen molar-refractivity contribution < 1.29 is 28.5 Å². The first kappa shape index (κ1) is 28.3. The molecule has 3 unspecified atom stereocenters. The second kappa shape index (κ2) is 12.1. The second-order valence-electron chi connectivity index (χ2n) is 11.1. The number of aliphatic hydroxyl groups is 2. The summed E-state index contributed by atoms with van der Waals surface area (Å²) in [6, 6.07) is 9.09. The van der Waals surface area contributed by atoms with E-state index in [2.05, 4.69) is 9.88 Å². The Hall–Kier alpha value is -3.27. The van der Waals surface area contributed by atoms with Crippen molar-refractivity contribution in [3.05, 3.63) is 70.9 Å². The number of ether oxygens (including phenoxy) is 1. The van der Waals surface area contributed by atoms with Gasteiger partial charge in [-0.15, -0.1) is 0 Å². The summed E-state index contributed by atoms with van der Waals surface area (Å²) in [5.74, 6) is -0.745. The fourth-order valence-corrected chi connectivity index (χ4v) is 6.29. The van der Waals surface area contributed by atoms with Crippen LogP contribution in [0.3, 0.4) is 0 Å². The fraction of sp³-hybridized carbons (Fsp3) is 0.452. The number of aryl methyl sites for hydroxylation is 1. The molecule has 40 heavy (non-hydrogen) atoms. The van der Waals surface area contributed by atoms with E-state index in [4.69, 9.17) is 4.74 Å². The number of carbonyl (C=O) groups is 1. The number of aliphatic hydroxyl groups excluding tert-OH is 2. The number of fused-ring (bicyclic) bond motifs is 1. The van der Waals surface area contributed by atoms with Gasteiger partial charge < -0.3 is 24.8 Å². The number of likely N-dealkylation sites (tertiary alicyclic amines) is 2. The lowest BCUT2D eigenvalue weighted by atomic mass is 9.84. The summed E-state index contributed by atoms with van der Waals surface area (Å²) in [7, 11) is 1.65. The van der Waals surface area contributed by atoms with E-state index < -0.39 is 23.8 Å². The number of amides is 1. The van der Waals surface area contributed by atoms with Crippen LogP contribution in [-0.4, -0.2) is 82.9 Å². The smallest absolute Gasteiger partial charge is 0.246 e. The lowest BCUT2D eigenvalue weighted by Gasteiger charge is -2.39. The first-order chi connectivity index (χ1) is 19.2. The maximum Gasteiger partial charge on any atom is 0.246 e. The first-order valence-corrected chi connectivity index (χ1v) is 13.9. The number of nitrogens with one attached hydrogen (secondary N) is 1. The van der Waals surface area contributed by atoms with E-state index in [-0.39, 0.29) is 17.7 Å². The molecule has 1 amide bonds. The number of aromatic amines is 1. The van der Waals surface area contributed by atoms with Crippen LogP contribution >= 0.6 is 0 Å². The van der Waals surface area contributed by atoms with E-state index >= 15 is 0 Å². The Labute approximate surface area is 233 Å². The SMILES string of the molecule is COc1ccc2[nH]c(C)c(C3CCN(CC(O)C4CCN(C(=O)/C=C/c5cc(F)cc(F)c5)CC4)CC3O)c2c1. The van der Waals surface area contributed by atoms with Crippen LogP contribution in [0.25, 0.3) is 17.0 Å². The van der Waals surface area contributed by atoms with Crippen molar-refractivity contribution in [3.8, 4) is 5.75 Å². The molecule has 2 aliphatic rings. The third-order valence-corrected chi connectivity index (χ3v) is 8.42. The molecule has 0 spiro atoms. The van der Waals surface area contributed by atoms with Gasteiger partial charge in [0.25, 0.3) is 0 Å². The zero-order chi connectivity index (χ0) is 28.4. The van der Waals surface area contributed by atoms with Crippen molar-refractivity contribution in [1.82, 2.24) is 14.8 Å². The molecule has 3 heterocycles. The van der Waals surface area contributed by atoms with Gasteiger partial charge >= 0.3 is 0 Å². The fourth-order valence-electron chi connectivity index (χ4n) is 6.29. The molecular formula is C31H37F2N3O4. The van der Waals surface area contributed by atoms with Crippen molar-refractivity contribution in [2.75, 3.05) is 39.8 Å². The molecule has 2 saturated heterocycles. The van der Waals surface area contributed by atoms with Crippen LogP contribution in [-0.2, 0) is 4.79 Å². The maximum atomic E-state index is 13.4. The summed E-state index contributed by atoms with van der Waals surface area (Å²) in [6.07, 6.45) is 3.78. The van der Waals surface area contributed by atoms with Gasteiger partial charge in [-0.05, 0) is 86.2 Å². The molecule has 2 aromatic carbocycles. The number of methoxy groups -OCH3 is 1. The molecule has 214 valence electrons. The monoisotopic (exact) mass is 553 g/mol. The number of β-amino-alcohol motifs (C(OH)–C–C–N with tert-alkyl or cyclic N) is 2. The highest BCUT2D eigenvalue weighted by atomic mass is 19.1. The lowest BCUT2D eigenvalue weighted by Crippen LogP contribution is -2.48. The Morgan fingerprint density at radius 1 is 1.12 bits per heavy atom. The minimum Gasteiger partial charge on any atom is -0.497 e. The number of piperidine rings is 2. The van der Waals surface area contributed by atoms with Crippen LogP contribution in [0.4, 0.5) is 8.78 Å². The van der Waals surface area contributed by atoms with Gasteiger partial charge in [0, 0.05) is 60.8 Å². The van der Waals surface area contributed by atoms with Crippen molar-refractivity contribution in [1.29, 1.82) is 0 Å². The van der Waals surface area contributed by atoms with Crippen LogP contribution in [0.5, 0.6) is 5.75 Å². The topological polar surface area (TPSA) is 89.0 Å². The lowest BCUT2D eigenvalue weighted by molar-refractivity contribution is -0.128. The molecule has 0 bridgehead atoms. The summed E-state index contributed by atoms with van der Waals surface area (Å²) in [5.41, 5.74) is 3.51. The van der Waals surface area contributed by atoms with Gasteiger partial charge in [-0.2, -0.15) is 0 Å². The van der Waals surface area contributed by atoms with Crippen LogP contribution in [0, 0.1) is 24.5 Å². The summed E-state index contributed by atoms with van der Waals surface area (Å²) in [4.78, 5) is 19.8. The molecule has 0 saturated carbocycles. The minimum atomic E-state index is -0.688. The first-order valence-electron chi connectivity index (χ1n) is 13.9. The highest BCUT2D eigenvalue weighted by Crippen LogP contribution is 2.37. The van der Waals surface area contributed by atoms with Gasteiger partial charge in [0.15, 0.2) is 0 Å². The number of benzene rings is 2. The van der Waals surface area contributed by atoms with Gasteiger partial charge in [-0.1, -0.05) is 0 Å². The molecular weight excluding hydrogens is 516 g/mol. The van der Waals surface area contributed by atoms with Crippen molar-refractivity contribution in [2.45, 2.75) is 44.3 Å². The Kier molecular flexibility index (Phi) is 8.54. The summed E-state index contributed by atoms with van der Waals surface area (Å²) in [5, 5.41) is 23.2. The van der Waals surface area contributed by atoms with E-state index in [1.54, 1.807) is 12.0 Å². The molecule has 7 nitrogen and oxygen atoms in total. The number of H-pyrrole nitrogens is 1. The molecule has 2 fully saturated rings. The molecule has 5 rings (SSSR count). The highest BCUT2D eigenvalue weighted by molar-refractivity contribution is 5.91. The number of hydrogen-bond donors (Lipinski definition) is 3. The summed E-state index contributed by atoms with van der Waals surface area (Å²) in [6.45, 7) is 4.80. The molecule has 0 aliphatic carbocycles. The highest BCUT2D eigenvalue weighted by Gasteiger charge is 2.34. The quantitative estimate of drug-likeness (QED) is 0.381. The van der Waals surface area contributed by atoms with E-state index in [1.165, 1.54) is 24.3 Å². The van der Waals surface area contributed by atoms with Crippen LogP contribution < -0.4 is 4.74 Å². The van der Waals surface area contributed by atoms with Crippen molar-refractivity contribution >= 4 is 22.9 Å². The molecule has 3 N–H and O–H groups in total. The molecule has 1 aromatic heterocycles. The maximum absolute atomic E-state index is 13.4. The van der Waals surface area contributed by atoms with Gasteiger partial charge in [-0.3, -0.25) is 9.69 Å². The molecule has 2 aliphatic heterocycles. The number of aromatic nitrogens is 1. The zero-order valence-corrected chi connectivity index (χ0v) is 22.9. The Morgan fingerprint density at radius 2 is 1.85 bits per heavy atom. The van der Waals surface area contributed by atoms with E-state index in [0.29, 0.717) is 44.6 Å². The van der Waals surface area contributed by atoms with Gasteiger partial charge in [-0.25, -0.2) is 8.78 Å². The number of carbonyl (C=O) groups excluding carboxylic acids is 1. The number of rotatable bonds is 7. The Balaban J connectivity index is 1.12. The predicted octanol–water partition coefficient (Wildman–Crippen LogP) is 4.23. The molecule has 3 atom stereocenters. The normalized spacial score (nSPS) is 21.8. The molecule has 3 aromatic rings. The van der Waals surface area contributed by atoms with Crippen molar-refractivity contribution in [2.24, 2.45) is 5.92 Å². The Bertz CT molecular complexity index is 1360. The van der Waals surface area contributed by atoms with Gasteiger partial charge in [0.1, 0.15) is 17.4 Å². The largest absolute Gasteiger partial charge is 0.497 e. The minimum absolute atomic E-state index is 0.000395. The molecule has 0 radical (unpaired) electrons. The Morgan fingerprint density at radius 3 is 2.52 bits per heavy atom. The van der Waals surface area contributed by atoms with Crippen molar-refractivity contribution in [3.63, 3.8) is 0 Å². The third kappa shape index (κ3) is 6.22. The third-order valence-electron chi connectivity index (χ3n) is 8.42. The number of halogens is 2. The standard InChI is InChI=1S/C31H37F2N3O4/c1-19-31(26-16-24(40-2)4-5-27(26)34-19)25-9-10-35(18-29(25)38)17-28(37)21-7-11-36(12-8-21)30(39)6-3-20-13-22(32)15-23(33)14-20/h3-6,13-16,21,25,28-29,34,37-38H,7-12,17-18H2,1-2H3/b6-3+. The average Bonchev–Trinajstić information content (AvgIpc) is 3.26. The molecule has 9 heteroatoms. The van der Waals surface area contributed by atoms with Crippen LogP contribution in [0.15, 0.2) is 42.5 Å². The summed E-state index contributed by atoms with van der Waals surface area (Å²) < 4.78 is 32.2. The van der Waals surface area contributed by atoms with Crippen LogP contribution in [0.2, 0.25) is 0 Å². The zero-order valence-electron chi connectivity index (χ0n) is 22.9. The van der Waals surface area contributed by atoms with E-state index in [0.717, 1.165) is 46.9 Å². The van der Waals surface area contributed by atoms with Crippen LogP contribution in [0.1, 0.15) is 42.0 Å². The predicted molar refractivity (Wildman–Crippen MR) is 150 cm³/mol. The van der Waals surface area contributed by atoms with E-state index in [1.807, 2.05) is 25.1 Å². The second-order valence-corrected chi connectivity index (χ2v) is 11.1. The van der Waals surface area contributed by atoms with Gasteiger partial charge in [0.2, 0.25) is 5.91 Å². The van der Waals surface area contributed by atoms with Gasteiger partial charge in [0.05, 0.1) is 19.3 Å². The van der Waals surface area contributed by atoms with E-state index in [9.17, 15) is 23.8 Å². The number of nitrogens with zero attached hydrogens (tertiary/aromatic N) is 2. The summed E-state index contributed by atoms with van der Waals surface area (Å²) >= 11 is 0. The average molecular weight is 554 g/mol. The number of hydrogen-bond acceptors (Lipinski definition) is 5.